The van der Waals surface area contributed by atoms with E-state index in [9.17, 15) is 9.90 Å². The minimum absolute atomic E-state index is 0.0748. The van der Waals surface area contributed by atoms with Crippen LogP contribution in [0.3, 0.4) is 0 Å². The second-order valence-electron chi connectivity index (χ2n) is 4.66. The van der Waals surface area contributed by atoms with Crippen LogP contribution >= 0.6 is 44.7 Å². The lowest BCUT2D eigenvalue weighted by atomic mass is 10.1. The molecule has 0 atom stereocenters. The Morgan fingerprint density at radius 2 is 1.86 bits per heavy atom. The van der Waals surface area contributed by atoms with Gasteiger partial charge in [0.2, 0.25) is 0 Å². The van der Waals surface area contributed by atoms with E-state index in [2.05, 4.69) is 50.0 Å². The summed E-state index contributed by atoms with van der Waals surface area (Å²) in [6.07, 6.45) is 0. The van der Waals surface area contributed by atoms with Crippen LogP contribution in [0.4, 0.5) is 10.5 Å². The van der Waals surface area contributed by atoms with Crippen LogP contribution in [0.1, 0.15) is 11.1 Å². The van der Waals surface area contributed by atoms with Gasteiger partial charge in [-0.1, -0.05) is 37.1 Å². The summed E-state index contributed by atoms with van der Waals surface area (Å²) in [5.74, 6) is 0.0748. The van der Waals surface area contributed by atoms with Gasteiger partial charge in [0.15, 0.2) is 0 Å². The second kappa shape index (κ2) is 7.39. The number of nitrogens with one attached hydrogen (secondary N) is 1. The van der Waals surface area contributed by atoms with Gasteiger partial charge in [0.1, 0.15) is 5.75 Å². The number of benzene rings is 2. The van der Waals surface area contributed by atoms with E-state index in [0.717, 1.165) is 11.1 Å². The lowest BCUT2D eigenvalue weighted by Gasteiger charge is -2.18. The van der Waals surface area contributed by atoms with Crippen LogP contribution in [-0.4, -0.2) is 11.1 Å². The number of nitrogens with zero attached hydrogens (tertiary/aromatic N) is 1. The molecule has 4 nitrogen and oxygen atoms in total. The quantitative estimate of drug-likeness (QED) is 0.595. The van der Waals surface area contributed by atoms with Crippen molar-refractivity contribution in [2.24, 2.45) is 0 Å². The van der Waals surface area contributed by atoms with Crippen LogP contribution in [0, 0.1) is 6.92 Å². The first-order chi connectivity index (χ1) is 10.4. The van der Waals surface area contributed by atoms with E-state index < -0.39 is 0 Å². The third-order valence-electron chi connectivity index (χ3n) is 3.13. The van der Waals surface area contributed by atoms with E-state index in [1.165, 1.54) is 4.31 Å². The fourth-order valence-corrected chi connectivity index (χ4v) is 3.19. The lowest BCUT2D eigenvalue weighted by molar-refractivity contribution is 0.249. The van der Waals surface area contributed by atoms with Crippen LogP contribution in [0.25, 0.3) is 0 Å². The topological polar surface area (TPSA) is 52.6 Å². The zero-order valence-electron chi connectivity index (χ0n) is 11.7. The molecule has 0 radical (unpaired) electrons. The van der Waals surface area contributed by atoms with E-state index in [0.29, 0.717) is 21.2 Å². The van der Waals surface area contributed by atoms with E-state index in [-0.39, 0.29) is 11.8 Å². The number of thiol groups is 1. The number of rotatable bonds is 3. The Balaban J connectivity index is 2.08. The molecule has 0 heterocycles. The molecule has 2 aromatic rings. The number of phenols is 1. The predicted octanol–water partition coefficient (Wildman–Crippen LogP) is 4.79. The van der Waals surface area contributed by atoms with Gasteiger partial charge in [-0.05, 0) is 62.0 Å². The van der Waals surface area contributed by atoms with Gasteiger partial charge in [-0.25, -0.2) is 9.10 Å². The first-order valence-electron chi connectivity index (χ1n) is 6.39. The smallest absolute Gasteiger partial charge is 0.332 e. The van der Waals surface area contributed by atoms with Gasteiger partial charge in [-0.2, -0.15) is 0 Å². The molecule has 0 aliphatic heterocycles. The molecule has 116 valence electrons. The van der Waals surface area contributed by atoms with Gasteiger partial charge >= 0.3 is 6.03 Å². The Morgan fingerprint density at radius 1 is 1.27 bits per heavy atom. The molecule has 0 aliphatic carbocycles. The average Bonchev–Trinajstić information content (AvgIpc) is 2.50. The molecule has 7 heteroatoms. The van der Waals surface area contributed by atoms with E-state index in [4.69, 9.17) is 0 Å². The Bertz CT molecular complexity index is 687. The van der Waals surface area contributed by atoms with Crippen molar-refractivity contribution in [1.29, 1.82) is 0 Å². The van der Waals surface area contributed by atoms with E-state index >= 15 is 0 Å². The van der Waals surface area contributed by atoms with E-state index in [1.807, 2.05) is 31.2 Å². The number of anilines is 1. The standard InChI is InChI=1S/C15H14Br2N2O2S/c1-9-4-2-3-5-10(9)8-18-15(21)19(22)11-6-12(16)14(20)13(17)7-11/h2-7,20,22H,8H2,1H3,(H,18,21). The number of phenolic OH excluding ortho intramolecular Hbond substituents is 1. The van der Waals surface area contributed by atoms with Crippen molar-refractivity contribution in [3.05, 3.63) is 56.5 Å². The summed E-state index contributed by atoms with van der Waals surface area (Å²) in [4.78, 5) is 12.2. The monoisotopic (exact) mass is 444 g/mol. The molecule has 0 fully saturated rings. The van der Waals surface area contributed by atoms with Gasteiger partial charge < -0.3 is 10.4 Å². The average molecular weight is 446 g/mol. The maximum Gasteiger partial charge on any atom is 0.332 e. The van der Waals surface area contributed by atoms with Crippen molar-refractivity contribution in [2.45, 2.75) is 13.5 Å². The Labute approximate surface area is 151 Å². The lowest BCUT2D eigenvalue weighted by Crippen LogP contribution is -2.33. The van der Waals surface area contributed by atoms with Crippen LogP contribution in [0.5, 0.6) is 5.75 Å². The van der Waals surface area contributed by atoms with Crippen molar-refractivity contribution in [2.75, 3.05) is 4.31 Å². The highest BCUT2D eigenvalue weighted by Gasteiger charge is 2.15. The SMILES string of the molecule is Cc1ccccc1CNC(=O)N(S)c1cc(Br)c(O)c(Br)c1. The van der Waals surface area contributed by atoms with Gasteiger partial charge in [0.25, 0.3) is 0 Å². The Morgan fingerprint density at radius 3 is 2.45 bits per heavy atom. The Kier molecular flexibility index (Phi) is 5.77. The summed E-state index contributed by atoms with van der Waals surface area (Å²) in [5.41, 5.74) is 2.69. The molecule has 2 amide bonds. The molecule has 2 aromatic carbocycles. The van der Waals surface area contributed by atoms with Crippen LogP contribution in [0.15, 0.2) is 45.3 Å². The molecule has 0 spiro atoms. The minimum atomic E-state index is -0.351. The van der Waals surface area contributed by atoms with Crippen LogP contribution in [0.2, 0.25) is 0 Å². The molecular formula is C15H14Br2N2O2S. The molecule has 0 aliphatic rings. The maximum atomic E-state index is 12.2. The maximum absolute atomic E-state index is 12.2. The van der Waals surface area contributed by atoms with Crippen LogP contribution in [-0.2, 0) is 6.54 Å². The summed E-state index contributed by atoms with van der Waals surface area (Å²) in [5, 5.41) is 12.5. The highest BCUT2D eigenvalue weighted by molar-refractivity contribution is 9.11. The van der Waals surface area contributed by atoms with Gasteiger partial charge in [0.05, 0.1) is 14.6 Å². The normalized spacial score (nSPS) is 10.4. The number of hydrogen-bond acceptors (Lipinski definition) is 3. The molecule has 2 N–H and O–H groups in total. The van der Waals surface area contributed by atoms with Crippen molar-refractivity contribution in [1.82, 2.24) is 5.32 Å². The third kappa shape index (κ3) is 3.97. The molecule has 2 rings (SSSR count). The number of aryl methyl sites for hydroxylation is 1. The van der Waals surface area contributed by atoms with Gasteiger partial charge in [-0.15, -0.1) is 0 Å². The summed E-state index contributed by atoms with van der Waals surface area (Å²) < 4.78 is 2.14. The number of hydrogen-bond donors (Lipinski definition) is 3. The van der Waals surface area contributed by atoms with Crippen LogP contribution < -0.4 is 9.62 Å². The summed E-state index contributed by atoms with van der Waals surface area (Å²) in [7, 11) is 0. The molecule has 0 aromatic heterocycles. The van der Waals surface area contributed by atoms with E-state index in [1.54, 1.807) is 12.1 Å². The molecule has 0 bridgehead atoms. The second-order valence-corrected chi connectivity index (χ2v) is 6.76. The predicted molar refractivity (Wildman–Crippen MR) is 98.4 cm³/mol. The fourth-order valence-electron chi connectivity index (χ4n) is 1.85. The summed E-state index contributed by atoms with van der Waals surface area (Å²) in [6, 6.07) is 10.7. The van der Waals surface area contributed by atoms with Crippen molar-refractivity contribution >= 4 is 56.4 Å². The first-order valence-corrected chi connectivity index (χ1v) is 8.38. The number of aromatic hydroxyl groups is 1. The number of halogens is 2. The third-order valence-corrected chi connectivity index (χ3v) is 4.75. The Hall–Kier alpha value is -1.18. The highest BCUT2D eigenvalue weighted by atomic mass is 79.9. The van der Waals surface area contributed by atoms with Gasteiger partial charge in [0, 0.05) is 6.54 Å². The summed E-state index contributed by atoms with van der Waals surface area (Å²) in [6.45, 7) is 2.41. The van der Waals surface area contributed by atoms with Crippen molar-refractivity contribution in [3.8, 4) is 5.75 Å². The largest absolute Gasteiger partial charge is 0.506 e. The number of carbonyl (C=O) groups is 1. The fraction of sp³-hybridized carbons (Fsp3) is 0.133. The molecule has 22 heavy (non-hydrogen) atoms. The number of amides is 2. The number of carbonyl (C=O) groups excluding carboxylic acids is 1. The number of urea groups is 1. The molecule has 0 saturated heterocycles. The van der Waals surface area contributed by atoms with Crippen molar-refractivity contribution in [3.63, 3.8) is 0 Å². The van der Waals surface area contributed by atoms with Gasteiger partial charge in [-0.3, -0.25) is 0 Å². The zero-order chi connectivity index (χ0) is 16.3. The molecule has 0 saturated carbocycles. The zero-order valence-corrected chi connectivity index (χ0v) is 15.7. The molecule has 0 unspecified atom stereocenters. The first kappa shape index (κ1) is 17.2. The minimum Gasteiger partial charge on any atom is -0.506 e. The van der Waals surface area contributed by atoms with Crippen molar-refractivity contribution < 1.29 is 9.90 Å². The molecular weight excluding hydrogens is 432 g/mol. The highest BCUT2D eigenvalue weighted by Crippen LogP contribution is 2.36. The summed E-state index contributed by atoms with van der Waals surface area (Å²) >= 11 is 10.7.